The zero-order valence-corrected chi connectivity index (χ0v) is 15.2. The van der Waals surface area contributed by atoms with E-state index >= 15 is 0 Å². The predicted molar refractivity (Wildman–Crippen MR) is 99.5 cm³/mol. The number of hydrogen-bond acceptors (Lipinski definition) is 5. The molecule has 2 heterocycles. The summed E-state index contributed by atoms with van der Waals surface area (Å²) < 4.78 is 5.51. The summed E-state index contributed by atoms with van der Waals surface area (Å²) in [5.74, 6) is 0.377. The van der Waals surface area contributed by atoms with Gasteiger partial charge in [0, 0.05) is 19.1 Å². The highest BCUT2D eigenvalue weighted by Crippen LogP contribution is 2.38. The fourth-order valence-corrected chi connectivity index (χ4v) is 4.15. The zero-order chi connectivity index (χ0) is 17.6. The van der Waals surface area contributed by atoms with Crippen LogP contribution in [0.3, 0.4) is 0 Å². The van der Waals surface area contributed by atoms with Crippen LogP contribution in [-0.2, 0) is 0 Å². The molecular weight excluding hydrogens is 318 g/mol. The Balaban J connectivity index is 1.81. The molecule has 0 aliphatic carbocycles. The van der Waals surface area contributed by atoms with Gasteiger partial charge in [-0.1, -0.05) is 18.9 Å². The molecule has 2 aliphatic rings. The average molecular weight is 347 g/mol. The number of rotatable bonds is 5. The summed E-state index contributed by atoms with van der Waals surface area (Å²) in [7, 11) is 0. The van der Waals surface area contributed by atoms with E-state index in [1.807, 2.05) is 19.1 Å². The molecule has 6 heteroatoms. The van der Waals surface area contributed by atoms with Crippen LogP contribution in [-0.4, -0.2) is 48.7 Å². The molecule has 3 rings (SSSR count). The monoisotopic (exact) mass is 347 g/mol. The maximum Gasteiger partial charge on any atom is 0.333 e. The molecule has 0 saturated carbocycles. The highest BCUT2D eigenvalue weighted by atomic mass is 16.6. The second-order valence-electron chi connectivity index (χ2n) is 7.01. The van der Waals surface area contributed by atoms with E-state index in [0.29, 0.717) is 24.1 Å². The maximum atomic E-state index is 11.7. The van der Waals surface area contributed by atoms with Crippen molar-refractivity contribution in [1.82, 2.24) is 4.90 Å². The number of anilines is 1. The van der Waals surface area contributed by atoms with Gasteiger partial charge < -0.3 is 9.64 Å². The van der Waals surface area contributed by atoms with Gasteiger partial charge in [-0.3, -0.25) is 15.0 Å². The van der Waals surface area contributed by atoms with Crippen molar-refractivity contribution in [1.29, 1.82) is 0 Å². The van der Waals surface area contributed by atoms with Gasteiger partial charge in [0.2, 0.25) is 0 Å². The molecule has 0 aromatic heterocycles. The fraction of sp³-hybridized carbons (Fsp3) is 0.684. The van der Waals surface area contributed by atoms with Gasteiger partial charge in [0.25, 0.3) is 0 Å². The minimum Gasteiger partial charge on any atom is -0.487 e. The highest BCUT2D eigenvalue weighted by molar-refractivity contribution is 5.70. The summed E-state index contributed by atoms with van der Waals surface area (Å²) in [4.78, 5) is 16.2. The molecule has 6 nitrogen and oxygen atoms in total. The highest BCUT2D eigenvalue weighted by Gasteiger charge is 2.31. The number of hydrogen-bond donors (Lipinski definition) is 0. The van der Waals surface area contributed by atoms with E-state index in [1.165, 1.54) is 45.2 Å². The summed E-state index contributed by atoms with van der Waals surface area (Å²) >= 11 is 0. The molecule has 1 atom stereocenters. The first-order valence-electron chi connectivity index (χ1n) is 9.60. The van der Waals surface area contributed by atoms with E-state index in [2.05, 4.69) is 9.80 Å². The van der Waals surface area contributed by atoms with Crippen LogP contribution < -0.4 is 9.64 Å². The van der Waals surface area contributed by atoms with Gasteiger partial charge in [-0.2, -0.15) is 0 Å². The third-order valence-electron chi connectivity index (χ3n) is 5.35. The van der Waals surface area contributed by atoms with Crippen molar-refractivity contribution >= 4 is 11.4 Å². The van der Waals surface area contributed by atoms with Gasteiger partial charge in [-0.25, -0.2) is 0 Å². The number of piperidine rings is 1. The number of likely N-dealkylation sites (tertiary alicyclic amines) is 1. The Morgan fingerprint density at radius 3 is 2.60 bits per heavy atom. The molecule has 1 aromatic rings. The number of nitrogens with zero attached hydrogens (tertiary/aromatic N) is 3. The topological polar surface area (TPSA) is 58.8 Å². The molecule has 0 amide bonds. The van der Waals surface area contributed by atoms with E-state index in [1.54, 1.807) is 6.07 Å². The minimum atomic E-state index is -0.296. The predicted octanol–water partition coefficient (Wildman–Crippen LogP) is 3.84. The molecule has 1 unspecified atom stereocenters. The second-order valence-corrected chi connectivity index (χ2v) is 7.01. The van der Waals surface area contributed by atoms with Crippen LogP contribution in [0.4, 0.5) is 11.4 Å². The zero-order valence-electron chi connectivity index (χ0n) is 15.2. The van der Waals surface area contributed by atoms with Gasteiger partial charge in [-0.05, 0) is 57.8 Å². The summed E-state index contributed by atoms with van der Waals surface area (Å²) in [6.07, 6.45) is 7.48. The standard InChI is InChI=1S/C19H29N3O3/c1-2-25-18-11-7-10-17(19(18)22(23)24)21-14-8-9-16(15-21)20-12-5-3-4-6-13-20/h7,10-11,16H,2-6,8-9,12-15H2,1H3. The Bertz CT molecular complexity index is 585. The number of ether oxygens (including phenoxy) is 1. The molecule has 1 aromatic carbocycles. The molecule has 0 radical (unpaired) electrons. The normalized spacial score (nSPS) is 22.4. The van der Waals surface area contributed by atoms with Gasteiger partial charge >= 0.3 is 5.69 Å². The van der Waals surface area contributed by atoms with E-state index in [0.717, 1.165) is 19.5 Å². The molecule has 25 heavy (non-hydrogen) atoms. The van der Waals surface area contributed by atoms with Crippen molar-refractivity contribution in [2.24, 2.45) is 0 Å². The van der Waals surface area contributed by atoms with Crippen molar-refractivity contribution in [3.05, 3.63) is 28.3 Å². The number of nitro groups is 1. The van der Waals surface area contributed by atoms with Crippen LogP contribution in [0.25, 0.3) is 0 Å². The van der Waals surface area contributed by atoms with E-state index in [4.69, 9.17) is 4.74 Å². The molecule has 0 spiro atoms. The van der Waals surface area contributed by atoms with Crippen LogP contribution in [0.5, 0.6) is 5.75 Å². The van der Waals surface area contributed by atoms with Gasteiger partial charge in [0.1, 0.15) is 5.69 Å². The fourth-order valence-electron chi connectivity index (χ4n) is 4.15. The largest absolute Gasteiger partial charge is 0.487 e. The second kappa shape index (κ2) is 8.52. The van der Waals surface area contributed by atoms with Crippen LogP contribution in [0.2, 0.25) is 0 Å². The Hall–Kier alpha value is -1.82. The molecule has 0 N–H and O–H groups in total. The lowest BCUT2D eigenvalue weighted by Gasteiger charge is -2.40. The molecule has 2 saturated heterocycles. The van der Waals surface area contributed by atoms with Crippen LogP contribution in [0.15, 0.2) is 18.2 Å². The smallest absolute Gasteiger partial charge is 0.333 e. The van der Waals surface area contributed by atoms with Crippen molar-refractivity contribution in [2.45, 2.75) is 51.5 Å². The molecule has 2 fully saturated rings. The van der Waals surface area contributed by atoms with Crippen LogP contribution >= 0.6 is 0 Å². The minimum absolute atomic E-state index is 0.112. The summed E-state index contributed by atoms with van der Waals surface area (Å²) in [5.41, 5.74) is 0.816. The summed E-state index contributed by atoms with van der Waals surface area (Å²) in [5, 5.41) is 11.7. The lowest BCUT2D eigenvalue weighted by atomic mass is 10.0. The first-order chi connectivity index (χ1) is 12.2. The van der Waals surface area contributed by atoms with Gasteiger partial charge in [0.15, 0.2) is 5.75 Å². The quantitative estimate of drug-likeness (QED) is 0.598. The van der Waals surface area contributed by atoms with Crippen molar-refractivity contribution in [3.63, 3.8) is 0 Å². The number of benzene rings is 1. The Kier molecular flexibility index (Phi) is 6.13. The average Bonchev–Trinajstić information content (AvgIpc) is 2.91. The van der Waals surface area contributed by atoms with Crippen molar-refractivity contribution in [2.75, 3.05) is 37.7 Å². The number of para-hydroxylation sites is 1. The van der Waals surface area contributed by atoms with Gasteiger partial charge in [-0.15, -0.1) is 0 Å². The molecule has 0 bridgehead atoms. The summed E-state index contributed by atoms with van der Waals surface area (Å²) in [6, 6.07) is 5.93. The van der Waals surface area contributed by atoms with Crippen molar-refractivity contribution < 1.29 is 9.66 Å². The lowest BCUT2D eigenvalue weighted by Crippen LogP contribution is -2.48. The van der Waals surface area contributed by atoms with E-state index in [-0.39, 0.29) is 10.6 Å². The van der Waals surface area contributed by atoms with Crippen LogP contribution in [0, 0.1) is 10.1 Å². The first-order valence-corrected chi connectivity index (χ1v) is 9.60. The van der Waals surface area contributed by atoms with Crippen molar-refractivity contribution in [3.8, 4) is 5.75 Å². The van der Waals surface area contributed by atoms with Crippen LogP contribution in [0.1, 0.15) is 45.4 Å². The third-order valence-corrected chi connectivity index (χ3v) is 5.35. The number of nitro benzene ring substituents is 1. The first kappa shape index (κ1) is 18.0. The SMILES string of the molecule is CCOc1cccc(N2CCCC(N3CCCCCC3)C2)c1[N+](=O)[O-]. The maximum absolute atomic E-state index is 11.7. The Labute approximate surface area is 149 Å². The van der Waals surface area contributed by atoms with E-state index in [9.17, 15) is 10.1 Å². The molecule has 138 valence electrons. The third kappa shape index (κ3) is 4.24. The van der Waals surface area contributed by atoms with Gasteiger partial charge in [0.05, 0.1) is 11.5 Å². The Morgan fingerprint density at radius 1 is 1.16 bits per heavy atom. The van der Waals surface area contributed by atoms with E-state index < -0.39 is 0 Å². The molecule has 2 aliphatic heterocycles. The Morgan fingerprint density at radius 2 is 1.92 bits per heavy atom. The molecular formula is C19H29N3O3. The summed E-state index contributed by atoms with van der Waals surface area (Å²) in [6.45, 7) is 6.36. The lowest BCUT2D eigenvalue weighted by molar-refractivity contribution is -0.385.